The third-order valence-electron chi connectivity index (χ3n) is 5.76. The molecule has 1 aromatic rings. The summed E-state index contributed by atoms with van der Waals surface area (Å²) in [6.45, 7) is 4.16. The maximum atomic E-state index is 12.8. The SMILES string of the molecule is CCOC(=O)[C@]12CCCC[C@@]1(O)[C@H](Cc1ccccc1)C=C2C. The van der Waals surface area contributed by atoms with E-state index < -0.39 is 11.0 Å². The van der Waals surface area contributed by atoms with Gasteiger partial charge in [-0.2, -0.15) is 0 Å². The van der Waals surface area contributed by atoms with Crippen LogP contribution < -0.4 is 0 Å². The fraction of sp³-hybridized carbons (Fsp3) is 0.550. The van der Waals surface area contributed by atoms with Crippen LogP contribution in [0.4, 0.5) is 0 Å². The molecule has 2 aliphatic rings. The van der Waals surface area contributed by atoms with Crippen LogP contribution in [0.25, 0.3) is 0 Å². The maximum Gasteiger partial charge on any atom is 0.319 e. The highest BCUT2D eigenvalue weighted by Crippen LogP contribution is 2.58. The van der Waals surface area contributed by atoms with E-state index in [1.807, 2.05) is 32.0 Å². The van der Waals surface area contributed by atoms with Gasteiger partial charge in [-0.25, -0.2) is 0 Å². The Labute approximate surface area is 138 Å². The summed E-state index contributed by atoms with van der Waals surface area (Å²) in [5.74, 6) is -0.277. The van der Waals surface area contributed by atoms with Gasteiger partial charge >= 0.3 is 5.97 Å². The minimum atomic E-state index is -1.02. The average Bonchev–Trinajstić information content (AvgIpc) is 2.77. The van der Waals surface area contributed by atoms with E-state index in [0.717, 1.165) is 24.8 Å². The van der Waals surface area contributed by atoms with Gasteiger partial charge in [0.2, 0.25) is 0 Å². The molecule has 1 N–H and O–H groups in total. The van der Waals surface area contributed by atoms with Gasteiger partial charge in [-0.15, -0.1) is 0 Å². The van der Waals surface area contributed by atoms with E-state index >= 15 is 0 Å². The van der Waals surface area contributed by atoms with Crippen molar-refractivity contribution in [1.29, 1.82) is 0 Å². The van der Waals surface area contributed by atoms with Gasteiger partial charge < -0.3 is 9.84 Å². The van der Waals surface area contributed by atoms with Crippen LogP contribution in [0.1, 0.15) is 45.1 Å². The third-order valence-corrected chi connectivity index (χ3v) is 5.76. The van der Waals surface area contributed by atoms with Crippen molar-refractivity contribution in [1.82, 2.24) is 0 Å². The molecule has 1 saturated carbocycles. The Morgan fingerprint density at radius 3 is 2.65 bits per heavy atom. The second-order valence-electron chi connectivity index (χ2n) is 6.90. The van der Waals surface area contributed by atoms with Crippen molar-refractivity contribution in [2.24, 2.45) is 11.3 Å². The molecular weight excluding hydrogens is 288 g/mol. The number of hydrogen-bond donors (Lipinski definition) is 1. The lowest BCUT2D eigenvalue weighted by molar-refractivity contribution is -0.179. The fourth-order valence-electron chi connectivity index (χ4n) is 4.63. The largest absolute Gasteiger partial charge is 0.465 e. The van der Waals surface area contributed by atoms with Gasteiger partial charge in [-0.1, -0.05) is 54.8 Å². The number of rotatable bonds is 4. The van der Waals surface area contributed by atoms with Crippen LogP contribution in [-0.2, 0) is 16.0 Å². The molecule has 0 aliphatic heterocycles. The summed E-state index contributed by atoms with van der Waals surface area (Å²) in [4.78, 5) is 12.8. The summed E-state index contributed by atoms with van der Waals surface area (Å²) in [5.41, 5.74) is 0.317. The predicted molar refractivity (Wildman–Crippen MR) is 89.9 cm³/mol. The molecule has 23 heavy (non-hydrogen) atoms. The molecule has 3 rings (SSSR count). The highest BCUT2D eigenvalue weighted by molar-refractivity contribution is 5.84. The van der Waals surface area contributed by atoms with Crippen LogP contribution in [-0.4, -0.2) is 23.3 Å². The van der Waals surface area contributed by atoms with Gasteiger partial charge in [0, 0.05) is 5.92 Å². The molecule has 3 atom stereocenters. The van der Waals surface area contributed by atoms with Gasteiger partial charge in [0.1, 0.15) is 5.41 Å². The van der Waals surface area contributed by atoms with Gasteiger partial charge in [0.15, 0.2) is 0 Å². The summed E-state index contributed by atoms with van der Waals surface area (Å²) >= 11 is 0. The van der Waals surface area contributed by atoms with Gasteiger partial charge in [-0.3, -0.25) is 4.79 Å². The topological polar surface area (TPSA) is 46.5 Å². The van der Waals surface area contributed by atoms with Crippen LogP contribution >= 0.6 is 0 Å². The Balaban J connectivity index is 1.97. The number of hydrogen-bond acceptors (Lipinski definition) is 3. The number of esters is 1. The van der Waals surface area contributed by atoms with Crippen molar-refractivity contribution in [3.8, 4) is 0 Å². The number of benzene rings is 1. The smallest absolute Gasteiger partial charge is 0.319 e. The molecule has 124 valence electrons. The molecular formula is C20H26O3. The quantitative estimate of drug-likeness (QED) is 0.681. The molecule has 0 heterocycles. The Bertz CT molecular complexity index is 607. The number of ether oxygens (including phenoxy) is 1. The minimum Gasteiger partial charge on any atom is -0.465 e. The molecule has 0 spiro atoms. The van der Waals surface area contributed by atoms with E-state index in [0.29, 0.717) is 19.4 Å². The van der Waals surface area contributed by atoms with Crippen molar-refractivity contribution < 1.29 is 14.6 Å². The maximum absolute atomic E-state index is 12.8. The summed E-state index contributed by atoms with van der Waals surface area (Å²) in [7, 11) is 0. The van der Waals surface area contributed by atoms with Crippen molar-refractivity contribution in [3.63, 3.8) is 0 Å². The van der Waals surface area contributed by atoms with E-state index in [9.17, 15) is 9.90 Å². The number of fused-ring (bicyclic) bond motifs is 1. The van der Waals surface area contributed by atoms with Crippen LogP contribution in [0, 0.1) is 11.3 Å². The molecule has 3 nitrogen and oxygen atoms in total. The summed E-state index contributed by atoms with van der Waals surface area (Å²) < 4.78 is 5.38. The molecule has 0 unspecified atom stereocenters. The summed E-state index contributed by atoms with van der Waals surface area (Å²) in [6.07, 6.45) is 6.16. The molecule has 1 aromatic carbocycles. The standard InChI is InChI=1S/C20H26O3/c1-3-23-18(21)19-11-7-8-12-20(19,22)17(13-15(19)2)14-16-9-5-4-6-10-16/h4-6,9-10,13,17,22H,3,7-8,11-12,14H2,1-2H3/t17-,19+,20+/m0/s1. The first-order valence-corrected chi connectivity index (χ1v) is 8.67. The molecule has 3 heteroatoms. The lowest BCUT2D eigenvalue weighted by Crippen LogP contribution is -2.57. The fourth-order valence-corrected chi connectivity index (χ4v) is 4.63. The van der Waals surface area contributed by atoms with Crippen LogP contribution in [0.15, 0.2) is 42.0 Å². The van der Waals surface area contributed by atoms with Crippen LogP contribution in [0.2, 0.25) is 0 Å². The van der Waals surface area contributed by atoms with Crippen molar-refractivity contribution in [2.75, 3.05) is 6.61 Å². The molecule has 1 fully saturated rings. The molecule has 0 amide bonds. The Morgan fingerprint density at radius 2 is 1.96 bits per heavy atom. The number of aliphatic hydroxyl groups is 1. The highest BCUT2D eigenvalue weighted by Gasteiger charge is 2.64. The highest BCUT2D eigenvalue weighted by atomic mass is 16.5. The molecule has 0 bridgehead atoms. The minimum absolute atomic E-state index is 0.0328. The van der Waals surface area contributed by atoms with Gasteiger partial charge in [-0.05, 0) is 38.7 Å². The zero-order chi connectivity index (χ0) is 16.5. The average molecular weight is 314 g/mol. The monoisotopic (exact) mass is 314 g/mol. The third kappa shape index (κ3) is 2.42. The Kier molecular flexibility index (Phi) is 4.33. The lowest BCUT2D eigenvalue weighted by Gasteiger charge is -2.48. The van der Waals surface area contributed by atoms with Crippen LogP contribution in [0.5, 0.6) is 0 Å². The van der Waals surface area contributed by atoms with Crippen molar-refractivity contribution in [2.45, 2.75) is 51.6 Å². The zero-order valence-corrected chi connectivity index (χ0v) is 14.0. The van der Waals surface area contributed by atoms with Gasteiger partial charge in [0.25, 0.3) is 0 Å². The second kappa shape index (κ2) is 6.12. The molecule has 0 aromatic heterocycles. The van der Waals surface area contributed by atoms with Crippen LogP contribution in [0.3, 0.4) is 0 Å². The second-order valence-corrected chi connectivity index (χ2v) is 6.90. The first kappa shape index (κ1) is 16.3. The summed E-state index contributed by atoms with van der Waals surface area (Å²) in [5, 5.41) is 11.6. The molecule has 0 radical (unpaired) electrons. The number of carbonyl (C=O) groups excluding carboxylic acids is 1. The van der Waals surface area contributed by atoms with E-state index in [1.165, 1.54) is 5.56 Å². The number of carbonyl (C=O) groups is 1. The van der Waals surface area contributed by atoms with Crippen molar-refractivity contribution >= 4 is 5.97 Å². The van der Waals surface area contributed by atoms with E-state index in [-0.39, 0.29) is 11.9 Å². The zero-order valence-electron chi connectivity index (χ0n) is 14.0. The Morgan fingerprint density at radius 1 is 1.26 bits per heavy atom. The van der Waals surface area contributed by atoms with Crippen molar-refractivity contribution in [3.05, 3.63) is 47.5 Å². The van der Waals surface area contributed by atoms with Gasteiger partial charge in [0.05, 0.1) is 12.2 Å². The molecule has 2 aliphatic carbocycles. The lowest BCUT2D eigenvalue weighted by atomic mass is 9.59. The normalized spacial score (nSPS) is 33.0. The van der Waals surface area contributed by atoms with E-state index in [1.54, 1.807) is 0 Å². The van der Waals surface area contributed by atoms with E-state index in [2.05, 4.69) is 18.2 Å². The first-order chi connectivity index (χ1) is 11.0. The Hall–Kier alpha value is -1.61. The first-order valence-electron chi connectivity index (χ1n) is 8.67. The van der Waals surface area contributed by atoms with E-state index in [4.69, 9.17) is 4.74 Å². The predicted octanol–water partition coefficient (Wildman–Crippen LogP) is 3.66. The molecule has 0 saturated heterocycles. The summed E-state index contributed by atoms with van der Waals surface area (Å²) in [6, 6.07) is 10.2.